The largest absolute Gasteiger partial charge is 0.342 e. The van der Waals surface area contributed by atoms with Gasteiger partial charge >= 0.3 is 0 Å². The predicted molar refractivity (Wildman–Crippen MR) is 84.3 cm³/mol. The number of hydrogen-bond donors (Lipinski definition) is 1. The van der Waals surface area contributed by atoms with E-state index in [1.165, 1.54) is 5.56 Å². The van der Waals surface area contributed by atoms with E-state index in [-0.39, 0.29) is 24.3 Å². The molecule has 1 heterocycles. The van der Waals surface area contributed by atoms with Gasteiger partial charge in [0.2, 0.25) is 11.8 Å². The fourth-order valence-electron chi connectivity index (χ4n) is 2.55. The zero-order valence-electron chi connectivity index (χ0n) is 13.2. The van der Waals surface area contributed by atoms with E-state index in [9.17, 15) is 9.59 Å². The van der Waals surface area contributed by atoms with Gasteiger partial charge in [-0.2, -0.15) is 0 Å². The molecule has 0 aromatic heterocycles. The zero-order valence-corrected chi connectivity index (χ0v) is 13.2. The lowest BCUT2D eigenvalue weighted by Gasteiger charge is -2.35. The number of benzene rings is 1. The van der Waals surface area contributed by atoms with Gasteiger partial charge in [-0.05, 0) is 29.5 Å². The Morgan fingerprint density at radius 1 is 1.19 bits per heavy atom. The average Bonchev–Trinajstić information content (AvgIpc) is 2.48. The molecule has 0 spiro atoms. The summed E-state index contributed by atoms with van der Waals surface area (Å²) in [5.41, 5.74) is 2.03. The van der Waals surface area contributed by atoms with Gasteiger partial charge in [-0.1, -0.05) is 46.2 Å². The summed E-state index contributed by atoms with van der Waals surface area (Å²) in [6, 6.07) is 7.50. The van der Waals surface area contributed by atoms with Gasteiger partial charge in [0.25, 0.3) is 0 Å². The Hall–Kier alpha value is -1.84. The van der Waals surface area contributed by atoms with E-state index < -0.39 is 6.04 Å². The van der Waals surface area contributed by atoms with Crippen LogP contribution < -0.4 is 10.2 Å². The Morgan fingerprint density at radius 2 is 1.81 bits per heavy atom. The first-order chi connectivity index (χ1) is 9.93. The van der Waals surface area contributed by atoms with Crippen molar-refractivity contribution in [3.63, 3.8) is 0 Å². The number of nitrogens with zero attached hydrogens (tertiary/aromatic N) is 1. The highest BCUT2D eigenvalue weighted by molar-refractivity contribution is 6.06. The highest BCUT2D eigenvalue weighted by Gasteiger charge is 2.36. The van der Waals surface area contributed by atoms with E-state index in [4.69, 9.17) is 0 Å². The summed E-state index contributed by atoms with van der Waals surface area (Å²) in [5, 5.41) is 2.82. The monoisotopic (exact) mass is 288 g/mol. The SMILES string of the molecule is CCC(C)C1NC(=O)CN(c2ccc(C(C)C)cc2)C1=O. The lowest BCUT2D eigenvalue weighted by molar-refractivity contribution is -0.132. The van der Waals surface area contributed by atoms with Gasteiger partial charge < -0.3 is 10.2 Å². The van der Waals surface area contributed by atoms with Gasteiger partial charge in [-0.25, -0.2) is 0 Å². The fourth-order valence-corrected chi connectivity index (χ4v) is 2.55. The molecule has 1 aliphatic rings. The van der Waals surface area contributed by atoms with Crippen molar-refractivity contribution >= 4 is 17.5 Å². The summed E-state index contributed by atoms with van der Waals surface area (Å²) >= 11 is 0. The summed E-state index contributed by atoms with van der Waals surface area (Å²) < 4.78 is 0. The quantitative estimate of drug-likeness (QED) is 0.926. The number of hydrogen-bond acceptors (Lipinski definition) is 2. The Labute approximate surface area is 126 Å². The van der Waals surface area contributed by atoms with Crippen molar-refractivity contribution in [3.05, 3.63) is 29.8 Å². The van der Waals surface area contributed by atoms with Crippen LogP contribution in [-0.4, -0.2) is 24.4 Å². The van der Waals surface area contributed by atoms with Gasteiger partial charge in [0.05, 0.1) is 0 Å². The molecule has 2 atom stereocenters. The second kappa shape index (κ2) is 6.29. The Morgan fingerprint density at radius 3 is 2.33 bits per heavy atom. The van der Waals surface area contributed by atoms with Crippen LogP contribution in [0.25, 0.3) is 0 Å². The predicted octanol–water partition coefficient (Wildman–Crippen LogP) is 2.69. The number of amides is 2. The first-order valence-corrected chi connectivity index (χ1v) is 7.64. The third kappa shape index (κ3) is 3.26. The number of nitrogens with one attached hydrogen (secondary N) is 1. The second-order valence-electron chi connectivity index (χ2n) is 6.10. The minimum atomic E-state index is -0.416. The van der Waals surface area contributed by atoms with E-state index in [1.54, 1.807) is 4.90 Å². The van der Waals surface area contributed by atoms with Crippen LogP contribution in [0.15, 0.2) is 24.3 Å². The third-order valence-corrected chi connectivity index (χ3v) is 4.23. The van der Waals surface area contributed by atoms with Crippen LogP contribution in [0.2, 0.25) is 0 Å². The first kappa shape index (κ1) is 15.5. The molecule has 1 aromatic carbocycles. The molecule has 1 fully saturated rings. The smallest absolute Gasteiger partial charge is 0.250 e. The normalized spacial score (nSPS) is 20.6. The molecule has 0 bridgehead atoms. The molecule has 0 radical (unpaired) electrons. The molecule has 4 heteroatoms. The van der Waals surface area contributed by atoms with Crippen LogP contribution in [0.3, 0.4) is 0 Å². The number of piperazine rings is 1. The van der Waals surface area contributed by atoms with Gasteiger partial charge in [0.15, 0.2) is 0 Å². The Kier molecular flexibility index (Phi) is 4.66. The number of carbonyl (C=O) groups is 2. The number of carbonyl (C=O) groups excluding carboxylic acids is 2. The van der Waals surface area contributed by atoms with E-state index in [1.807, 2.05) is 38.1 Å². The number of anilines is 1. The van der Waals surface area contributed by atoms with Crippen molar-refractivity contribution in [2.75, 3.05) is 11.4 Å². The third-order valence-electron chi connectivity index (χ3n) is 4.23. The molecule has 2 amide bonds. The average molecular weight is 288 g/mol. The first-order valence-electron chi connectivity index (χ1n) is 7.64. The molecule has 2 rings (SSSR count). The Bertz CT molecular complexity index is 522. The summed E-state index contributed by atoms with van der Waals surface area (Å²) in [5.74, 6) is 0.487. The molecule has 21 heavy (non-hydrogen) atoms. The molecular weight excluding hydrogens is 264 g/mol. The minimum absolute atomic E-state index is 0.0127. The maximum Gasteiger partial charge on any atom is 0.250 e. The fraction of sp³-hybridized carbons (Fsp3) is 0.529. The van der Waals surface area contributed by atoms with Crippen molar-refractivity contribution in [2.24, 2.45) is 5.92 Å². The van der Waals surface area contributed by atoms with E-state index in [2.05, 4.69) is 19.2 Å². The van der Waals surface area contributed by atoms with Gasteiger partial charge in [-0.3, -0.25) is 9.59 Å². The molecule has 1 N–H and O–H groups in total. The van der Waals surface area contributed by atoms with Crippen molar-refractivity contribution < 1.29 is 9.59 Å². The highest BCUT2D eigenvalue weighted by Crippen LogP contribution is 2.23. The van der Waals surface area contributed by atoms with E-state index in [0.29, 0.717) is 5.92 Å². The highest BCUT2D eigenvalue weighted by atomic mass is 16.2. The lowest BCUT2D eigenvalue weighted by Crippen LogP contribution is -2.60. The van der Waals surface area contributed by atoms with Gasteiger partial charge in [0.1, 0.15) is 12.6 Å². The maximum absolute atomic E-state index is 12.6. The molecule has 2 unspecified atom stereocenters. The molecule has 0 aliphatic carbocycles. The summed E-state index contributed by atoms with van der Waals surface area (Å²) in [6.45, 7) is 8.39. The second-order valence-corrected chi connectivity index (χ2v) is 6.10. The minimum Gasteiger partial charge on any atom is -0.342 e. The lowest BCUT2D eigenvalue weighted by atomic mass is 9.95. The maximum atomic E-state index is 12.6. The van der Waals surface area contributed by atoms with E-state index in [0.717, 1.165) is 12.1 Å². The topological polar surface area (TPSA) is 49.4 Å². The van der Waals surface area contributed by atoms with Gasteiger partial charge in [-0.15, -0.1) is 0 Å². The van der Waals surface area contributed by atoms with Crippen LogP contribution in [0.5, 0.6) is 0 Å². The molecule has 0 saturated carbocycles. The molecule has 114 valence electrons. The molecule has 1 aromatic rings. The Balaban J connectivity index is 2.25. The van der Waals surface area contributed by atoms with Crippen LogP contribution in [0.4, 0.5) is 5.69 Å². The van der Waals surface area contributed by atoms with Crippen molar-refractivity contribution in [3.8, 4) is 0 Å². The standard InChI is InChI=1S/C17H24N2O2/c1-5-12(4)16-17(21)19(10-15(20)18-16)14-8-6-13(7-9-14)11(2)3/h6-9,11-12,16H,5,10H2,1-4H3,(H,18,20). The molecule has 1 saturated heterocycles. The van der Waals surface area contributed by atoms with Crippen molar-refractivity contribution in [1.29, 1.82) is 0 Å². The van der Waals surface area contributed by atoms with E-state index >= 15 is 0 Å². The van der Waals surface area contributed by atoms with Crippen LogP contribution in [-0.2, 0) is 9.59 Å². The van der Waals surface area contributed by atoms with Crippen LogP contribution >= 0.6 is 0 Å². The van der Waals surface area contributed by atoms with Crippen molar-refractivity contribution in [1.82, 2.24) is 5.32 Å². The number of rotatable bonds is 4. The van der Waals surface area contributed by atoms with Crippen molar-refractivity contribution in [2.45, 2.75) is 46.1 Å². The summed E-state index contributed by atoms with van der Waals surface area (Å²) in [7, 11) is 0. The molecule has 4 nitrogen and oxygen atoms in total. The van der Waals surface area contributed by atoms with Gasteiger partial charge in [0, 0.05) is 5.69 Å². The summed E-state index contributed by atoms with van der Waals surface area (Å²) in [6.07, 6.45) is 0.858. The molecule has 1 aliphatic heterocycles. The molecular formula is C17H24N2O2. The van der Waals surface area contributed by atoms with Crippen LogP contribution in [0, 0.1) is 5.92 Å². The zero-order chi connectivity index (χ0) is 15.6. The summed E-state index contributed by atoms with van der Waals surface area (Å²) in [4.78, 5) is 26.1. The van der Waals surface area contributed by atoms with Crippen LogP contribution in [0.1, 0.15) is 45.6 Å².